The van der Waals surface area contributed by atoms with Crippen molar-refractivity contribution in [1.29, 1.82) is 0 Å². The van der Waals surface area contributed by atoms with Crippen LogP contribution >= 0.6 is 0 Å². The third-order valence-corrected chi connectivity index (χ3v) is 3.29. The van der Waals surface area contributed by atoms with Gasteiger partial charge in [-0.05, 0) is 6.92 Å². The van der Waals surface area contributed by atoms with Crippen molar-refractivity contribution in [2.24, 2.45) is 10.9 Å². The largest absolute Gasteiger partial charge is 0.392 e. The summed E-state index contributed by atoms with van der Waals surface area (Å²) in [5.41, 5.74) is 0.525. The smallest absolute Gasteiger partial charge is 0.279 e. The zero-order valence-electron chi connectivity index (χ0n) is 11.6. The van der Waals surface area contributed by atoms with Crippen LogP contribution < -0.4 is 0 Å². The van der Waals surface area contributed by atoms with Crippen LogP contribution in [0.5, 0.6) is 0 Å². The molecule has 0 aromatic rings. The molecule has 1 N–H and O–H groups in total. The van der Waals surface area contributed by atoms with E-state index in [-0.39, 0.29) is 18.1 Å². The summed E-state index contributed by atoms with van der Waals surface area (Å²) in [7, 11) is 3.34. The summed E-state index contributed by atoms with van der Waals surface area (Å²) in [6, 6.07) is 0. The van der Waals surface area contributed by atoms with Gasteiger partial charge in [-0.25, -0.2) is 4.58 Å². The van der Waals surface area contributed by atoms with Crippen molar-refractivity contribution in [2.75, 3.05) is 27.4 Å². The highest BCUT2D eigenvalue weighted by Gasteiger charge is 2.38. The van der Waals surface area contributed by atoms with Crippen molar-refractivity contribution in [3.63, 3.8) is 0 Å². The number of methoxy groups -OCH3 is 1. The minimum atomic E-state index is -0.368. The predicted octanol–water partition coefficient (Wildman–Crippen LogP) is 1.34. The van der Waals surface area contributed by atoms with E-state index in [0.717, 1.165) is 5.57 Å². The van der Waals surface area contributed by atoms with Crippen LogP contribution in [0.2, 0.25) is 0 Å². The first-order valence-electron chi connectivity index (χ1n) is 5.76. The summed E-state index contributed by atoms with van der Waals surface area (Å²) in [6.07, 6.45) is 3.58. The van der Waals surface area contributed by atoms with Gasteiger partial charge < -0.3 is 9.84 Å². The molecule has 0 heterocycles. The van der Waals surface area contributed by atoms with Crippen molar-refractivity contribution in [3.05, 3.63) is 11.6 Å². The first-order chi connectivity index (χ1) is 7.94. The average Bonchev–Trinajstić information content (AvgIpc) is 2.29. The molecule has 0 radical (unpaired) electrons. The number of aliphatic hydroxyl groups excluding tert-OH is 1. The maximum atomic E-state index is 9.53. The lowest BCUT2D eigenvalue weighted by Gasteiger charge is -2.33. The molecule has 0 saturated heterocycles. The van der Waals surface area contributed by atoms with Crippen molar-refractivity contribution < 1.29 is 14.4 Å². The summed E-state index contributed by atoms with van der Waals surface area (Å²) >= 11 is 0. The van der Waals surface area contributed by atoms with Gasteiger partial charge in [0, 0.05) is 18.6 Å². The highest BCUT2D eigenvalue weighted by Crippen LogP contribution is 2.28. The fourth-order valence-electron chi connectivity index (χ4n) is 1.76. The van der Waals surface area contributed by atoms with E-state index < -0.39 is 0 Å². The van der Waals surface area contributed by atoms with Crippen LogP contribution in [0.3, 0.4) is 0 Å². The van der Waals surface area contributed by atoms with Gasteiger partial charge in [0.1, 0.15) is 12.6 Å². The number of nitrogens with zero attached hydrogens (tertiary/aromatic N) is 2. The second kappa shape index (κ2) is 7.35. The number of ether oxygens (including phenoxy) is 1. The molecule has 0 bridgehead atoms. The molecular weight excluding hydrogens is 216 g/mol. The van der Waals surface area contributed by atoms with Crippen molar-refractivity contribution in [1.82, 2.24) is 0 Å². The molecule has 0 spiro atoms. The van der Waals surface area contributed by atoms with Gasteiger partial charge in [0.2, 0.25) is 0 Å². The zero-order chi connectivity index (χ0) is 13.5. The molecule has 17 heavy (non-hydrogen) atoms. The Kier molecular flexibility index (Phi) is 6.92. The standard InChI is InChI=1S/C13H25N2O2/c1-11(2)13(3,15(5)10-14-4)12(9-16)7-8-17-6/h7,10-11,16H,5,8-9H2,1-4,6H3/q+1/b12-7+,14-10-. The summed E-state index contributed by atoms with van der Waals surface area (Å²) in [6.45, 7) is 10.7. The molecule has 0 rings (SSSR count). The molecule has 0 aromatic carbocycles. The van der Waals surface area contributed by atoms with Crippen LogP contribution in [-0.2, 0) is 4.74 Å². The van der Waals surface area contributed by atoms with E-state index in [4.69, 9.17) is 4.74 Å². The number of aliphatic hydroxyl groups is 1. The quantitative estimate of drug-likeness (QED) is 0.316. The second-order valence-electron chi connectivity index (χ2n) is 4.49. The molecule has 0 aliphatic carbocycles. The molecule has 1 atom stereocenters. The minimum Gasteiger partial charge on any atom is -0.392 e. The molecule has 0 amide bonds. The van der Waals surface area contributed by atoms with Gasteiger partial charge in [-0.15, -0.1) is 0 Å². The van der Waals surface area contributed by atoms with Crippen LogP contribution in [0.1, 0.15) is 20.8 Å². The molecule has 0 aliphatic rings. The van der Waals surface area contributed by atoms with Crippen molar-refractivity contribution >= 4 is 13.1 Å². The highest BCUT2D eigenvalue weighted by atomic mass is 16.5. The SMILES string of the molecule is C=[N+](/C=N\C)C(C)(/C(=C/COC)CO)C(C)C. The van der Waals surface area contributed by atoms with Gasteiger partial charge in [-0.1, -0.05) is 24.9 Å². The first-order valence-corrected chi connectivity index (χ1v) is 5.76. The van der Waals surface area contributed by atoms with Gasteiger partial charge in [0.25, 0.3) is 6.34 Å². The fourth-order valence-corrected chi connectivity index (χ4v) is 1.76. The predicted molar refractivity (Wildman–Crippen MR) is 72.1 cm³/mol. The first kappa shape index (κ1) is 16.0. The van der Waals surface area contributed by atoms with Crippen molar-refractivity contribution in [2.45, 2.75) is 26.3 Å². The summed E-state index contributed by atoms with van der Waals surface area (Å²) in [5.74, 6) is 0.285. The average molecular weight is 241 g/mol. The Morgan fingerprint density at radius 3 is 2.53 bits per heavy atom. The Morgan fingerprint density at radius 1 is 1.59 bits per heavy atom. The minimum absolute atomic E-state index is 0.0123. The number of aliphatic imine (C=N–C) groups is 1. The Balaban J connectivity index is 5.37. The van der Waals surface area contributed by atoms with E-state index in [1.807, 2.05) is 13.0 Å². The molecule has 0 fully saturated rings. The van der Waals surface area contributed by atoms with Crippen molar-refractivity contribution in [3.8, 4) is 0 Å². The molecule has 0 aliphatic heterocycles. The number of hydrogen-bond donors (Lipinski definition) is 1. The van der Waals surface area contributed by atoms with E-state index in [0.29, 0.717) is 6.61 Å². The van der Waals surface area contributed by atoms with Crippen LogP contribution in [0.4, 0.5) is 0 Å². The molecule has 98 valence electrons. The number of rotatable bonds is 7. The second-order valence-corrected chi connectivity index (χ2v) is 4.49. The number of hydrogen-bond acceptors (Lipinski definition) is 3. The van der Waals surface area contributed by atoms with Gasteiger partial charge in [-0.2, -0.15) is 0 Å². The topological polar surface area (TPSA) is 44.8 Å². The normalized spacial score (nSPS) is 16.5. The molecular formula is C13H25N2O2+. The fraction of sp³-hybridized carbons (Fsp3) is 0.692. The van der Waals surface area contributed by atoms with E-state index in [1.165, 1.54) is 0 Å². The lowest BCUT2D eigenvalue weighted by atomic mass is 9.80. The Labute approximate surface area is 104 Å². The van der Waals surface area contributed by atoms with Crippen LogP contribution in [0, 0.1) is 5.92 Å². The third kappa shape index (κ3) is 3.75. The molecule has 1 unspecified atom stereocenters. The van der Waals surface area contributed by atoms with Gasteiger partial charge >= 0.3 is 0 Å². The van der Waals surface area contributed by atoms with Gasteiger partial charge in [0.05, 0.1) is 19.9 Å². The Hall–Kier alpha value is -1.00. The molecule has 0 saturated carbocycles. The van der Waals surface area contributed by atoms with E-state index in [2.05, 4.69) is 25.6 Å². The Bertz CT molecular complexity index is 309. The maximum Gasteiger partial charge on any atom is 0.279 e. The molecule has 0 aromatic heterocycles. The summed E-state index contributed by atoms with van der Waals surface area (Å²) in [4.78, 5) is 3.98. The zero-order valence-corrected chi connectivity index (χ0v) is 11.6. The van der Waals surface area contributed by atoms with Gasteiger partial charge in [0.15, 0.2) is 0 Å². The highest BCUT2D eigenvalue weighted by molar-refractivity contribution is 5.49. The molecule has 4 nitrogen and oxygen atoms in total. The van der Waals surface area contributed by atoms with E-state index >= 15 is 0 Å². The monoisotopic (exact) mass is 241 g/mol. The van der Waals surface area contributed by atoms with E-state index in [9.17, 15) is 5.11 Å². The Morgan fingerprint density at radius 2 is 2.18 bits per heavy atom. The third-order valence-electron chi connectivity index (χ3n) is 3.29. The van der Waals surface area contributed by atoms with Crippen LogP contribution in [0.15, 0.2) is 16.6 Å². The van der Waals surface area contributed by atoms with Gasteiger partial charge in [-0.3, -0.25) is 0 Å². The summed E-state index contributed by atoms with van der Waals surface area (Å²) in [5, 5.41) is 9.53. The van der Waals surface area contributed by atoms with Crippen LogP contribution in [0.25, 0.3) is 0 Å². The lowest BCUT2D eigenvalue weighted by Crippen LogP contribution is -2.46. The molecule has 4 heteroatoms. The van der Waals surface area contributed by atoms with E-state index in [1.54, 1.807) is 25.1 Å². The summed E-state index contributed by atoms with van der Waals surface area (Å²) < 4.78 is 6.82. The van der Waals surface area contributed by atoms with Crippen LogP contribution in [-0.4, -0.2) is 55.6 Å². The maximum absolute atomic E-state index is 9.53. The lowest BCUT2D eigenvalue weighted by molar-refractivity contribution is -0.484.